The lowest BCUT2D eigenvalue weighted by Crippen LogP contribution is -2.20. The van der Waals surface area contributed by atoms with Gasteiger partial charge in [0.15, 0.2) is 0 Å². The van der Waals surface area contributed by atoms with Crippen molar-refractivity contribution in [2.45, 2.75) is 19.3 Å². The molecule has 0 aliphatic carbocycles. The highest BCUT2D eigenvalue weighted by molar-refractivity contribution is 6.33. The quantitative estimate of drug-likeness (QED) is 0.717. The van der Waals surface area contributed by atoms with Crippen LogP contribution in [0.15, 0.2) is 24.3 Å². The van der Waals surface area contributed by atoms with Gasteiger partial charge in [0.1, 0.15) is 5.75 Å². The second-order valence-electron chi connectivity index (χ2n) is 3.71. The van der Waals surface area contributed by atoms with Gasteiger partial charge in [-0.3, -0.25) is 0 Å². The average molecular weight is 205 g/mol. The molecule has 0 aliphatic heterocycles. The van der Waals surface area contributed by atoms with Gasteiger partial charge in [-0.05, 0) is 31.5 Å². The fraction of sp³-hybridized carbons (Fsp3) is 0.300. The first-order chi connectivity index (χ1) is 6.95. The molecule has 0 amide bonds. The van der Waals surface area contributed by atoms with Crippen molar-refractivity contribution < 1.29 is 14.7 Å². The first-order valence-electron chi connectivity index (χ1n) is 4.50. The van der Waals surface area contributed by atoms with E-state index < -0.39 is 12.7 Å². The molecule has 0 aliphatic rings. The van der Waals surface area contributed by atoms with Gasteiger partial charge < -0.3 is 14.7 Å². The van der Waals surface area contributed by atoms with E-state index in [0.717, 1.165) is 5.56 Å². The van der Waals surface area contributed by atoms with Gasteiger partial charge in [-0.15, -0.1) is 0 Å². The zero-order valence-corrected chi connectivity index (χ0v) is 8.64. The Morgan fingerprint density at radius 3 is 2.20 bits per heavy atom. The number of nitriles is 1. The normalized spacial score (nSPS) is 10.6. The van der Waals surface area contributed by atoms with Crippen molar-refractivity contribution in [3.8, 4) is 11.8 Å². The van der Waals surface area contributed by atoms with Crippen LogP contribution in [0.4, 0.5) is 0 Å². The Balaban J connectivity index is 2.87. The number of rotatable bonds is 3. The Morgan fingerprint density at radius 2 is 1.80 bits per heavy atom. The average Bonchev–Trinajstić information content (AvgIpc) is 2.18. The fourth-order valence-electron chi connectivity index (χ4n) is 1.14. The van der Waals surface area contributed by atoms with Crippen LogP contribution in [0.2, 0.25) is 0 Å². The van der Waals surface area contributed by atoms with E-state index in [0.29, 0.717) is 5.75 Å². The van der Waals surface area contributed by atoms with Crippen LogP contribution < -0.4 is 4.65 Å². The maximum Gasteiger partial charge on any atom is 0.707 e. The summed E-state index contributed by atoms with van der Waals surface area (Å²) in [4.78, 5) is 0. The van der Waals surface area contributed by atoms with Gasteiger partial charge in [0.2, 0.25) is 0 Å². The minimum atomic E-state index is -1.82. The molecular formula is C10H12BNO3. The summed E-state index contributed by atoms with van der Waals surface area (Å²) < 4.78 is 4.64. The molecule has 0 fully saturated rings. The molecule has 0 saturated heterocycles. The molecule has 4 nitrogen and oxygen atoms in total. The smallest absolute Gasteiger partial charge is 0.512 e. The summed E-state index contributed by atoms with van der Waals surface area (Å²) in [5.41, 5.74) is 0.292. The van der Waals surface area contributed by atoms with Gasteiger partial charge in [-0.25, -0.2) is 0 Å². The molecule has 1 rings (SSSR count). The van der Waals surface area contributed by atoms with Gasteiger partial charge in [0.25, 0.3) is 0 Å². The van der Waals surface area contributed by atoms with Crippen molar-refractivity contribution in [3.63, 3.8) is 0 Å². The Morgan fingerprint density at radius 1 is 1.27 bits per heavy atom. The van der Waals surface area contributed by atoms with Crippen molar-refractivity contribution >= 4 is 7.32 Å². The summed E-state index contributed by atoms with van der Waals surface area (Å²) in [6.07, 6.45) is 0. The van der Waals surface area contributed by atoms with Crippen LogP contribution in [0.5, 0.6) is 5.75 Å². The first kappa shape index (κ1) is 11.6. The van der Waals surface area contributed by atoms with E-state index in [1.807, 2.05) is 13.8 Å². The number of hydrogen-bond acceptors (Lipinski definition) is 4. The highest BCUT2D eigenvalue weighted by Gasteiger charge is 2.19. The van der Waals surface area contributed by atoms with E-state index in [-0.39, 0.29) is 0 Å². The molecule has 0 radical (unpaired) electrons. The highest BCUT2D eigenvalue weighted by Crippen LogP contribution is 2.24. The Bertz CT molecular complexity index is 367. The Labute approximate surface area is 88.9 Å². The summed E-state index contributed by atoms with van der Waals surface area (Å²) in [7, 11) is -1.82. The SMILES string of the molecule is CC(C)(C#N)c1ccc(OB(O)O)cc1. The van der Waals surface area contributed by atoms with E-state index in [9.17, 15) is 0 Å². The van der Waals surface area contributed by atoms with E-state index in [1.54, 1.807) is 24.3 Å². The van der Waals surface area contributed by atoms with Crippen LogP contribution in [-0.4, -0.2) is 17.4 Å². The lowest BCUT2D eigenvalue weighted by molar-refractivity contribution is 0.288. The van der Waals surface area contributed by atoms with Crippen LogP contribution in [0, 0.1) is 11.3 Å². The van der Waals surface area contributed by atoms with Gasteiger partial charge in [-0.2, -0.15) is 5.26 Å². The van der Waals surface area contributed by atoms with Gasteiger partial charge in [0, 0.05) is 0 Å². The summed E-state index contributed by atoms with van der Waals surface area (Å²) in [5, 5.41) is 26.0. The third kappa shape index (κ3) is 2.98. The molecule has 0 bridgehead atoms. The van der Waals surface area contributed by atoms with Crippen LogP contribution in [0.3, 0.4) is 0 Å². The lowest BCUT2D eigenvalue weighted by atomic mass is 9.86. The summed E-state index contributed by atoms with van der Waals surface area (Å²) in [5.74, 6) is 0.350. The third-order valence-corrected chi connectivity index (χ3v) is 2.10. The minimum Gasteiger partial charge on any atom is -0.512 e. The van der Waals surface area contributed by atoms with Gasteiger partial charge in [-0.1, -0.05) is 12.1 Å². The van der Waals surface area contributed by atoms with Crippen molar-refractivity contribution in [2.75, 3.05) is 0 Å². The molecule has 0 saturated carbocycles. The summed E-state index contributed by atoms with van der Waals surface area (Å²) in [6, 6.07) is 8.81. The molecule has 0 atom stereocenters. The highest BCUT2D eigenvalue weighted by atomic mass is 16.6. The zero-order chi connectivity index (χ0) is 11.5. The number of nitrogens with zero attached hydrogens (tertiary/aromatic N) is 1. The Hall–Kier alpha value is -1.51. The second kappa shape index (κ2) is 4.34. The molecule has 15 heavy (non-hydrogen) atoms. The summed E-state index contributed by atoms with van der Waals surface area (Å²) >= 11 is 0. The van der Waals surface area contributed by atoms with Gasteiger partial charge >= 0.3 is 7.32 Å². The van der Waals surface area contributed by atoms with E-state index >= 15 is 0 Å². The van der Waals surface area contributed by atoms with E-state index in [4.69, 9.17) is 15.3 Å². The molecule has 1 aromatic carbocycles. The molecular weight excluding hydrogens is 193 g/mol. The van der Waals surface area contributed by atoms with Crippen molar-refractivity contribution in [1.29, 1.82) is 5.26 Å². The van der Waals surface area contributed by atoms with E-state index in [2.05, 4.69) is 10.7 Å². The largest absolute Gasteiger partial charge is 0.707 e. The van der Waals surface area contributed by atoms with Gasteiger partial charge in [0.05, 0.1) is 11.5 Å². The predicted octanol–water partition coefficient (Wildman–Crippen LogP) is 0.836. The molecule has 0 spiro atoms. The second-order valence-corrected chi connectivity index (χ2v) is 3.71. The van der Waals surface area contributed by atoms with Crippen LogP contribution in [-0.2, 0) is 5.41 Å². The molecule has 5 heteroatoms. The number of hydrogen-bond donors (Lipinski definition) is 2. The maximum atomic E-state index is 8.90. The van der Waals surface area contributed by atoms with Crippen LogP contribution in [0.1, 0.15) is 19.4 Å². The summed E-state index contributed by atoms with van der Waals surface area (Å²) in [6.45, 7) is 3.62. The predicted molar refractivity (Wildman–Crippen MR) is 55.9 cm³/mol. The zero-order valence-electron chi connectivity index (χ0n) is 8.64. The minimum absolute atomic E-state index is 0.350. The van der Waals surface area contributed by atoms with Crippen LogP contribution >= 0.6 is 0 Å². The molecule has 1 aromatic rings. The van der Waals surface area contributed by atoms with Crippen molar-refractivity contribution in [2.24, 2.45) is 0 Å². The molecule has 2 N–H and O–H groups in total. The monoisotopic (exact) mass is 205 g/mol. The molecule has 0 heterocycles. The topological polar surface area (TPSA) is 73.5 Å². The van der Waals surface area contributed by atoms with Crippen molar-refractivity contribution in [3.05, 3.63) is 29.8 Å². The van der Waals surface area contributed by atoms with E-state index in [1.165, 1.54) is 0 Å². The molecule has 0 aromatic heterocycles. The molecule has 0 unspecified atom stereocenters. The standard InChI is InChI=1S/C10H12BNO3/c1-10(2,7-12)8-3-5-9(6-4-8)15-11(13)14/h3-6,13-14H,1-2H3. The lowest BCUT2D eigenvalue weighted by Gasteiger charge is -2.16. The van der Waals surface area contributed by atoms with Crippen molar-refractivity contribution in [1.82, 2.24) is 0 Å². The maximum absolute atomic E-state index is 8.90. The number of benzene rings is 1. The molecule has 78 valence electrons. The first-order valence-corrected chi connectivity index (χ1v) is 4.50. The Kier molecular flexibility index (Phi) is 3.35. The van der Waals surface area contributed by atoms with Crippen LogP contribution in [0.25, 0.3) is 0 Å². The third-order valence-electron chi connectivity index (χ3n) is 2.10. The fourth-order valence-corrected chi connectivity index (χ4v) is 1.14.